The molecule has 8 rings (SSSR count). The van der Waals surface area contributed by atoms with Gasteiger partial charge < -0.3 is 25.0 Å². The van der Waals surface area contributed by atoms with Gasteiger partial charge in [-0.15, -0.1) is 0 Å². The molecule has 3 aromatic heterocycles. The van der Waals surface area contributed by atoms with Gasteiger partial charge in [0, 0.05) is 61.1 Å². The number of pyridine rings is 1. The molecule has 286 valence electrons. The van der Waals surface area contributed by atoms with Crippen LogP contribution in [0.15, 0.2) is 60.9 Å². The number of nitrogens with zero attached hydrogens (tertiary/aromatic N) is 7. The minimum Gasteiger partial charge on any atom is -0.374 e. The Kier molecular flexibility index (Phi) is 10.2. The van der Waals surface area contributed by atoms with Crippen molar-refractivity contribution in [2.75, 3.05) is 48.3 Å². The first kappa shape index (κ1) is 36.5. The Bertz CT molecular complexity index is 2190. The number of carbonyl (C=O) groups excluding carboxylic acids is 2. The first-order chi connectivity index (χ1) is 26.6. The molecule has 0 saturated carbocycles. The molecule has 12 nitrogen and oxygen atoms in total. The standard InChI is InChI=1S/C41H46F2N10O2/c1-24(2)53-25(3)46-39-32(42)17-29(18-35(39)53)38-33(43)20-45-41(50-38)48-36-10-4-27(19-44-36)16-26-12-14-51(15-13-26)21-28-22-52(23-28)31-7-5-30(6-8-31)47-34-9-11-37(54)49-40(34)55/h4-8,10,17-20,24,26,28,34,47H,9,11-16,21-23H2,1-3H3,(H,49,54,55)(H,44,45,48,50). The molecule has 0 spiro atoms. The van der Waals surface area contributed by atoms with E-state index in [1.807, 2.05) is 49.7 Å². The topological polar surface area (TPSA) is 133 Å². The van der Waals surface area contributed by atoms with Crippen LogP contribution in [0, 0.1) is 30.4 Å². The molecule has 3 aliphatic rings. The number of carbonyl (C=O) groups is 2. The molecule has 0 bridgehead atoms. The van der Waals surface area contributed by atoms with E-state index in [4.69, 9.17) is 0 Å². The molecule has 1 atom stereocenters. The molecule has 14 heteroatoms. The summed E-state index contributed by atoms with van der Waals surface area (Å²) in [5.41, 5.74) is 4.38. The van der Waals surface area contributed by atoms with Crippen LogP contribution in [0.1, 0.15) is 57.0 Å². The Hall–Kier alpha value is -5.50. The maximum atomic E-state index is 15.1. The van der Waals surface area contributed by atoms with Crippen molar-refractivity contribution in [3.8, 4) is 11.3 Å². The second kappa shape index (κ2) is 15.3. The number of rotatable bonds is 11. The minimum atomic E-state index is -0.647. The summed E-state index contributed by atoms with van der Waals surface area (Å²) in [6, 6.07) is 14.8. The smallest absolute Gasteiger partial charge is 0.249 e. The van der Waals surface area contributed by atoms with E-state index >= 15 is 8.78 Å². The number of aromatic nitrogens is 5. The number of fused-ring (bicyclic) bond motifs is 1. The number of imide groups is 1. The van der Waals surface area contributed by atoms with Crippen LogP contribution >= 0.6 is 0 Å². The van der Waals surface area contributed by atoms with Crippen LogP contribution in [-0.2, 0) is 16.0 Å². The Morgan fingerprint density at radius 3 is 2.40 bits per heavy atom. The van der Waals surface area contributed by atoms with Gasteiger partial charge in [0.2, 0.25) is 17.8 Å². The molecule has 1 unspecified atom stereocenters. The monoisotopic (exact) mass is 748 g/mol. The average molecular weight is 749 g/mol. The maximum Gasteiger partial charge on any atom is 0.249 e. The van der Waals surface area contributed by atoms with E-state index in [1.54, 1.807) is 6.07 Å². The molecule has 2 amide bonds. The van der Waals surface area contributed by atoms with Crippen molar-refractivity contribution in [1.82, 2.24) is 34.7 Å². The van der Waals surface area contributed by atoms with Crippen LogP contribution in [0.3, 0.4) is 0 Å². The fraction of sp³-hybridized carbons (Fsp3) is 0.415. The van der Waals surface area contributed by atoms with Crippen LogP contribution in [0.2, 0.25) is 0 Å². The van der Waals surface area contributed by atoms with Gasteiger partial charge in [-0.3, -0.25) is 14.9 Å². The van der Waals surface area contributed by atoms with Crippen LogP contribution in [0.25, 0.3) is 22.3 Å². The lowest BCUT2D eigenvalue weighted by atomic mass is 9.89. The van der Waals surface area contributed by atoms with Crippen molar-refractivity contribution in [2.24, 2.45) is 11.8 Å². The van der Waals surface area contributed by atoms with Gasteiger partial charge in [-0.2, -0.15) is 0 Å². The summed E-state index contributed by atoms with van der Waals surface area (Å²) in [5, 5.41) is 8.71. The predicted molar refractivity (Wildman–Crippen MR) is 208 cm³/mol. The van der Waals surface area contributed by atoms with Crippen LogP contribution in [0.5, 0.6) is 0 Å². The van der Waals surface area contributed by atoms with E-state index < -0.39 is 11.6 Å². The number of imidazole rings is 1. The summed E-state index contributed by atoms with van der Waals surface area (Å²) in [6.45, 7) is 11.2. The number of halogens is 2. The number of benzene rings is 2. The van der Waals surface area contributed by atoms with E-state index in [0.717, 1.165) is 63.9 Å². The van der Waals surface area contributed by atoms with E-state index in [9.17, 15) is 9.59 Å². The molecular formula is C41H46F2N10O2. The summed E-state index contributed by atoms with van der Waals surface area (Å²) < 4.78 is 32.0. The quantitative estimate of drug-likeness (QED) is 0.130. The molecule has 3 N–H and O–H groups in total. The molecule has 5 aromatic rings. The van der Waals surface area contributed by atoms with Crippen molar-refractivity contribution >= 4 is 46.0 Å². The number of likely N-dealkylation sites (tertiary alicyclic amines) is 1. The zero-order valence-electron chi connectivity index (χ0n) is 31.4. The highest BCUT2D eigenvalue weighted by Gasteiger charge is 2.31. The third kappa shape index (κ3) is 8.00. The lowest BCUT2D eigenvalue weighted by Gasteiger charge is -2.44. The van der Waals surface area contributed by atoms with Gasteiger partial charge in [-0.05, 0) is 113 Å². The van der Waals surface area contributed by atoms with Crippen molar-refractivity contribution < 1.29 is 18.4 Å². The molecule has 3 aliphatic heterocycles. The molecule has 0 radical (unpaired) electrons. The van der Waals surface area contributed by atoms with Crippen LogP contribution < -0.4 is 20.9 Å². The molecular weight excluding hydrogens is 703 g/mol. The largest absolute Gasteiger partial charge is 0.374 e. The highest BCUT2D eigenvalue weighted by Crippen LogP contribution is 2.32. The highest BCUT2D eigenvalue weighted by atomic mass is 19.1. The highest BCUT2D eigenvalue weighted by molar-refractivity contribution is 6.01. The summed E-state index contributed by atoms with van der Waals surface area (Å²) in [5.74, 6) is 0.996. The van der Waals surface area contributed by atoms with Crippen molar-refractivity contribution in [3.05, 3.63) is 83.9 Å². The normalized spacial score (nSPS) is 18.5. The van der Waals surface area contributed by atoms with Crippen LogP contribution in [-0.4, -0.2) is 80.0 Å². The SMILES string of the molecule is Cc1nc2c(F)cc(-c3nc(Nc4ccc(CC5CCN(CC6CN(c7ccc(NC8CCC(=O)NC8=O)cc7)C6)CC5)cn4)ncc3F)cc2n1C(C)C. The average Bonchev–Trinajstić information content (AvgIpc) is 3.50. The summed E-state index contributed by atoms with van der Waals surface area (Å²) in [7, 11) is 0. The van der Waals surface area contributed by atoms with Crippen LogP contribution in [0.4, 0.5) is 31.9 Å². The number of nitrogens with one attached hydrogen (secondary N) is 3. The molecule has 2 aromatic carbocycles. The van der Waals surface area contributed by atoms with Crippen molar-refractivity contribution in [1.29, 1.82) is 0 Å². The van der Waals surface area contributed by atoms with Gasteiger partial charge in [0.25, 0.3) is 0 Å². The second-order valence-corrected chi connectivity index (χ2v) is 15.4. The number of hydrogen-bond acceptors (Lipinski definition) is 10. The van der Waals surface area contributed by atoms with Gasteiger partial charge in [-0.1, -0.05) is 6.07 Å². The van der Waals surface area contributed by atoms with E-state index in [2.05, 4.69) is 63.9 Å². The summed E-state index contributed by atoms with van der Waals surface area (Å²) >= 11 is 0. The minimum absolute atomic E-state index is 0.00192. The molecule has 6 heterocycles. The zero-order chi connectivity index (χ0) is 38.2. The van der Waals surface area contributed by atoms with Gasteiger partial charge >= 0.3 is 0 Å². The van der Waals surface area contributed by atoms with Gasteiger partial charge in [-0.25, -0.2) is 28.7 Å². The molecule has 3 fully saturated rings. The molecule has 55 heavy (non-hydrogen) atoms. The van der Waals surface area contributed by atoms with Gasteiger partial charge in [0.15, 0.2) is 11.6 Å². The predicted octanol–water partition coefficient (Wildman–Crippen LogP) is 6.41. The first-order valence-corrected chi connectivity index (χ1v) is 19.2. The maximum absolute atomic E-state index is 15.1. The number of hydrogen-bond donors (Lipinski definition) is 3. The number of anilines is 4. The third-order valence-corrected chi connectivity index (χ3v) is 11.0. The van der Waals surface area contributed by atoms with E-state index in [0.29, 0.717) is 47.4 Å². The Morgan fingerprint density at radius 1 is 0.909 bits per heavy atom. The fourth-order valence-electron chi connectivity index (χ4n) is 8.19. The van der Waals surface area contributed by atoms with E-state index in [-0.39, 0.29) is 41.1 Å². The number of amides is 2. The Balaban J connectivity index is 0.792. The first-order valence-electron chi connectivity index (χ1n) is 19.2. The summed E-state index contributed by atoms with van der Waals surface area (Å²) in [6.07, 6.45) is 7.08. The fourth-order valence-corrected chi connectivity index (χ4v) is 8.19. The number of piperidine rings is 2. The summed E-state index contributed by atoms with van der Waals surface area (Å²) in [4.78, 5) is 46.0. The van der Waals surface area contributed by atoms with Gasteiger partial charge in [0.1, 0.15) is 28.9 Å². The van der Waals surface area contributed by atoms with Crippen molar-refractivity contribution in [2.45, 2.75) is 65.0 Å². The van der Waals surface area contributed by atoms with E-state index in [1.165, 1.54) is 17.3 Å². The Morgan fingerprint density at radius 2 is 1.69 bits per heavy atom. The third-order valence-electron chi connectivity index (χ3n) is 11.0. The molecule has 0 aliphatic carbocycles. The van der Waals surface area contributed by atoms with Crippen molar-refractivity contribution in [3.63, 3.8) is 0 Å². The lowest BCUT2D eigenvalue weighted by molar-refractivity contribution is -0.133. The number of aryl methyl sites for hydroxylation is 1. The zero-order valence-corrected chi connectivity index (χ0v) is 31.4. The Labute approximate surface area is 318 Å². The second-order valence-electron chi connectivity index (χ2n) is 15.4. The van der Waals surface area contributed by atoms with Gasteiger partial charge in [0.05, 0.1) is 11.7 Å². The molecule has 3 saturated heterocycles. The lowest BCUT2D eigenvalue weighted by Crippen LogP contribution is -2.52.